The van der Waals surface area contributed by atoms with E-state index in [9.17, 15) is 8.42 Å². The fourth-order valence-corrected chi connectivity index (χ4v) is 4.14. The number of fused-ring (bicyclic) bond motifs is 2. The Balaban J connectivity index is 1.68. The Morgan fingerprint density at radius 1 is 1.04 bits per heavy atom. The monoisotopic (exact) mass is 358 g/mol. The molecule has 2 aromatic carbocycles. The van der Waals surface area contributed by atoms with E-state index < -0.39 is 10.0 Å². The molecule has 0 aliphatic carbocycles. The van der Waals surface area contributed by atoms with Crippen LogP contribution < -0.4 is 14.8 Å². The van der Waals surface area contributed by atoms with Crippen LogP contribution in [0.2, 0.25) is 0 Å². The highest BCUT2D eigenvalue weighted by Gasteiger charge is 2.26. The van der Waals surface area contributed by atoms with E-state index in [0.29, 0.717) is 37.0 Å². The van der Waals surface area contributed by atoms with Gasteiger partial charge in [-0.25, -0.2) is 8.42 Å². The molecule has 0 radical (unpaired) electrons. The first kappa shape index (κ1) is 15.8. The van der Waals surface area contributed by atoms with Crippen molar-refractivity contribution in [3.8, 4) is 11.5 Å². The summed E-state index contributed by atoms with van der Waals surface area (Å²) in [5.74, 6) is 1.03. The van der Waals surface area contributed by atoms with Crippen molar-refractivity contribution in [2.75, 3.05) is 32.1 Å². The molecule has 7 heteroatoms. The third kappa shape index (κ3) is 2.80. The Hall–Kier alpha value is -2.67. The highest BCUT2D eigenvalue weighted by atomic mass is 32.2. The summed E-state index contributed by atoms with van der Waals surface area (Å²) in [6, 6.07) is 12.5. The van der Waals surface area contributed by atoms with Crippen LogP contribution >= 0.6 is 0 Å². The molecular weight excluding hydrogens is 340 g/mol. The number of likely N-dealkylation sites (N-methyl/N-ethyl adjacent to an activating group) is 1. The van der Waals surface area contributed by atoms with E-state index in [1.165, 1.54) is 10.4 Å². The molecule has 2 aliphatic heterocycles. The molecule has 0 bridgehead atoms. The van der Waals surface area contributed by atoms with Crippen molar-refractivity contribution in [3.05, 3.63) is 53.7 Å². The highest BCUT2D eigenvalue weighted by Crippen LogP contribution is 2.34. The van der Waals surface area contributed by atoms with E-state index in [0.717, 1.165) is 11.3 Å². The van der Waals surface area contributed by atoms with Gasteiger partial charge in [0.25, 0.3) is 10.0 Å². The number of anilines is 1. The van der Waals surface area contributed by atoms with Crippen LogP contribution in [0.5, 0.6) is 11.5 Å². The number of para-hydroxylation sites is 1. The number of nitrogens with one attached hydrogen (secondary N) is 1. The average molecular weight is 358 g/mol. The topological polar surface area (TPSA) is 67.9 Å². The highest BCUT2D eigenvalue weighted by molar-refractivity contribution is 7.89. The summed E-state index contributed by atoms with van der Waals surface area (Å²) in [6.45, 7) is 1.33. The molecular formula is C18H18N2O4S. The number of nitrogens with zero attached hydrogens (tertiary/aromatic N) is 1. The van der Waals surface area contributed by atoms with Crippen LogP contribution in [0.25, 0.3) is 6.08 Å². The SMILES string of the molecule is CN(C1=Cc2ccccc2NC1)S(=O)(=O)c1ccc2c(c1)OCCO2. The summed E-state index contributed by atoms with van der Waals surface area (Å²) < 4.78 is 38.2. The summed E-state index contributed by atoms with van der Waals surface area (Å²) in [5, 5.41) is 3.25. The summed E-state index contributed by atoms with van der Waals surface area (Å²) >= 11 is 0. The largest absolute Gasteiger partial charge is 0.486 e. The Kier molecular flexibility index (Phi) is 3.80. The Morgan fingerprint density at radius 2 is 1.80 bits per heavy atom. The summed E-state index contributed by atoms with van der Waals surface area (Å²) in [6.07, 6.45) is 1.89. The maximum absolute atomic E-state index is 13.0. The number of hydrogen-bond donors (Lipinski definition) is 1. The van der Waals surface area contributed by atoms with Crippen LogP contribution in [0.1, 0.15) is 5.56 Å². The minimum Gasteiger partial charge on any atom is -0.486 e. The third-order valence-electron chi connectivity index (χ3n) is 4.32. The molecule has 0 amide bonds. The normalized spacial score (nSPS) is 15.6. The average Bonchev–Trinajstić information content (AvgIpc) is 2.66. The molecule has 0 unspecified atom stereocenters. The van der Waals surface area contributed by atoms with Crippen LogP contribution in [0.4, 0.5) is 5.69 Å². The second-order valence-corrected chi connectivity index (χ2v) is 7.82. The molecule has 0 aromatic heterocycles. The molecule has 0 saturated carbocycles. The quantitative estimate of drug-likeness (QED) is 0.913. The molecule has 0 fully saturated rings. The Morgan fingerprint density at radius 3 is 2.64 bits per heavy atom. The molecule has 130 valence electrons. The molecule has 25 heavy (non-hydrogen) atoms. The van der Waals surface area contributed by atoms with Crippen molar-refractivity contribution in [2.45, 2.75) is 4.90 Å². The first-order valence-electron chi connectivity index (χ1n) is 7.98. The predicted molar refractivity (Wildman–Crippen MR) is 95.3 cm³/mol. The van der Waals surface area contributed by atoms with Gasteiger partial charge >= 0.3 is 0 Å². The smallest absolute Gasteiger partial charge is 0.264 e. The first-order chi connectivity index (χ1) is 12.1. The van der Waals surface area contributed by atoms with Crippen LogP contribution in [-0.4, -0.2) is 39.5 Å². The van der Waals surface area contributed by atoms with E-state index in [1.807, 2.05) is 30.3 Å². The van der Waals surface area contributed by atoms with Gasteiger partial charge in [-0.2, -0.15) is 0 Å². The zero-order chi connectivity index (χ0) is 17.4. The van der Waals surface area contributed by atoms with Gasteiger partial charge in [0.05, 0.1) is 11.4 Å². The summed E-state index contributed by atoms with van der Waals surface area (Å²) in [7, 11) is -2.12. The Bertz CT molecular complexity index is 953. The van der Waals surface area contributed by atoms with Crippen molar-refractivity contribution >= 4 is 21.8 Å². The van der Waals surface area contributed by atoms with Gasteiger partial charge in [-0.15, -0.1) is 0 Å². The van der Waals surface area contributed by atoms with Crippen molar-refractivity contribution in [2.24, 2.45) is 0 Å². The number of sulfonamides is 1. The molecule has 0 atom stereocenters. The van der Waals surface area contributed by atoms with E-state index in [4.69, 9.17) is 9.47 Å². The second-order valence-electron chi connectivity index (χ2n) is 5.85. The lowest BCUT2D eigenvalue weighted by molar-refractivity contribution is 0.171. The van der Waals surface area contributed by atoms with Crippen molar-refractivity contribution in [1.29, 1.82) is 0 Å². The lowest BCUT2D eigenvalue weighted by atomic mass is 10.1. The molecule has 2 aromatic rings. The minimum atomic E-state index is -3.69. The van der Waals surface area contributed by atoms with Gasteiger partial charge in [0.1, 0.15) is 13.2 Å². The van der Waals surface area contributed by atoms with E-state index >= 15 is 0 Å². The second kappa shape index (κ2) is 6.00. The summed E-state index contributed by atoms with van der Waals surface area (Å²) in [4.78, 5) is 0.180. The molecule has 0 spiro atoms. The molecule has 1 N–H and O–H groups in total. The fourth-order valence-electron chi connectivity index (χ4n) is 2.90. The zero-order valence-electron chi connectivity index (χ0n) is 13.7. The minimum absolute atomic E-state index is 0.180. The zero-order valence-corrected chi connectivity index (χ0v) is 14.5. The van der Waals surface area contributed by atoms with Crippen molar-refractivity contribution in [1.82, 2.24) is 4.31 Å². The lowest BCUT2D eigenvalue weighted by Crippen LogP contribution is -2.31. The maximum atomic E-state index is 13.0. The Labute approximate surface area is 146 Å². The number of hydrogen-bond acceptors (Lipinski definition) is 5. The van der Waals surface area contributed by atoms with E-state index in [2.05, 4.69) is 5.32 Å². The molecule has 2 heterocycles. The van der Waals surface area contributed by atoms with Crippen molar-refractivity contribution in [3.63, 3.8) is 0 Å². The molecule has 0 saturated heterocycles. The first-order valence-corrected chi connectivity index (χ1v) is 9.42. The van der Waals surface area contributed by atoms with E-state index in [1.54, 1.807) is 19.2 Å². The van der Waals surface area contributed by atoms with Gasteiger partial charge < -0.3 is 14.8 Å². The summed E-state index contributed by atoms with van der Waals surface area (Å²) in [5.41, 5.74) is 2.64. The number of ether oxygens (including phenoxy) is 2. The van der Waals surface area contributed by atoms with Gasteiger partial charge in [-0.1, -0.05) is 18.2 Å². The van der Waals surface area contributed by atoms with Gasteiger partial charge in [-0.3, -0.25) is 4.31 Å². The van der Waals surface area contributed by atoms with Crippen LogP contribution in [0, 0.1) is 0 Å². The van der Waals surface area contributed by atoms with Crippen LogP contribution in [0.3, 0.4) is 0 Å². The molecule has 2 aliphatic rings. The predicted octanol–water partition coefficient (Wildman–Crippen LogP) is 2.54. The number of benzene rings is 2. The van der Waals surface area contributed by atoms with Gasteiger partial charge in [0.15, 0.2) is 11.5 Å². The lowest BCUT2D eigenvalue weighted by Gasteiger charge is -2.27. The molecule has 4 rings (SSSR count). The van der Waals surface area contributed by atoms with E-state index in [-0.39, 0.29) is 4.90 Å². The maximum Gasteiger partial charge on any atom is 0.264 e. The number of rotatable bonds is 3. The van der Waals surface area contributed by atoms with Gasteiger partial charge in [0, 0.05) is 24.5 Å². The standard InChI is InChI=1S/C18H18N2O4S/c1-20(14-10-13-4-2-3-5-16(13)19-12-14)25(21,22)15-6-7-17-18(11-15)24-9-8-23-17/h2-7,10-11,19H,8-9,12H2,1H3. The van der Waals surface area contributed by atoms with Gasteiger partial charge in [-0.05, 0) is 29.8 Å². The third-order valence-corrected chi connectivity index (χ3v) is 6.12. The van der Waals surface area contributed by atoms with Crippen LogP contribution in [-0.2, 0) is 10.0 Å². The van der Waals surface area contributed by atoms with Gasteiger partial charge in [0.2, 0.25) is 0 Å². The fraction of sp³-hybridized carbons (Fsp3) is 0.222. The van der Waals surface area contributed by atoms with Crippen molar-refractivity contribution < 1.29 is 17.9 Å². The van der Waals surface area contributed by atoms with Crippen LogP contribution in [0.15, 0.2) is 53.1 Å². The molecule has 6 nitrogen and oxygen atoms in total.